The number of hydrogen-bond donors (Lipinski definition) is 1. The van der Waals surface area contributed by atoms with Gasteiger partial charge in [-0.05, 0) is 42.8 Å². The number of nitrogens with zero attached hydrogens (tertiary/aromatic N) is 1. The number of hydrogen-bond acceptors (Lipinski definition) is 2. The van der Waals surface area contributed by atoms with Gasteiger partial charge in [0, 0.05) is 19.2 Å². The van der Waals surface area contributed by atoms with Gasteiger partial charge in [-0.25, -0.2) is 8.78 Å². The lowest BCUT2D eigenvalue weighted by atomic mass is 10.2. The molecule has 1 rings (SSSR count). The molecular formula is C13H17BrF2N2O. The average molecular weight is 335 g/mol. The summed E-state index contributed by atoms with van der Waals surface area (Å²) in [5, 5.41) is 2.70. The van der Waals surface area contributed by atoms with E-state index >= 15 is 0 Å². The lowest BCUT2D eigenvalue weighted by molar-refractivity contribution is -0.131. The van der Waals surface area contributed by atoms with Gasteiger partial charge in [0.05, 0.1) is 10.2 Å². The van der Waals surface area contributed by atoms with E-state index < -0.39 is 17.7 Å². The van der Waals surface area contributed by atoms with Crippen molar-refractivity contribution in [3.63, 3.8) is 0 Å². The Morgan fingerprint density at radius 3 is 2.42 bits per heavy atom. The average Bonchev–Trinajstić information content (AvgIpc) is 2.37. The number of nitrogens with one attached hydrogen (secondary N) is 1. The van der Waals surface area contributed by atoms with Crippen LogP contribution in [0, 0.1) is 11.6 Å². The molecule has 1 amide bonds. The Kier molecular flexibility index (Phi) is 5.72. The van der Waals surface area contributed by atoms with Crippen molar-refractivity contribution in [2.45, 2.75) is 26.8 Å². The number of benzene rings is 1. The maximum absolute atomic E-state index is 13.6. The molecule has 1 aromatic rings. The molecule has 0 aliphatic rings. The van der Waals surface area contributed by atoms with Crippen LogP contribution in [0.1, 0.15) is 20.8 Å². The Morgan fingerprint density at radius 2 is 1.89 bits per heavy atom. The van der Waals surface area contributed by atoms with Crippen molar-refractivity contribution >= 4 is 27.5 Å². The summed E-state index contributed by atoms with van der Waals surface area (Å²) in [5.41, 5.74) is -0.0197. The van der Waals surface area contributed by atoms with Gasteiger partial charge < -0.3 is 10.2 Å². The van der Waals surface area contributed by atoms with Gasteiger partial charge in [-0.3, -0.25) is 4.79 Å². The lowest BCUT2D eigenvalue weighted by Crippen LogP contribution is -2.41. The molecule has 0 radical (unpaired) electrons. The summed E-state index contributed by atoms with van der Waals surface area (Å²) in [6, 6.07) is 1.45. The van der Waals surface area contributed by atoms with E-state index in [1.54, 1.807) is 11.8 Å². The minimum Gasteiger partial charge on any atom is -0.371 e. The topological polar surface area (TPSA) is 32.3 Å². The van der Waals surface area contributed by atoms with Crippen molar-refractivity contribution in [2.24, 2.45) is 0 Å². The first kappa shape index (κ1) is 15.9. The van der Waals surface area contributed by atoms with Crippen LogP contribution >= 0.6 is 15.9 Å². The van der Waals surface area contributed by atoms with Crippen molar-refractivity contribution in [2.75, 3.05) is 18.4 Å². The number of carbonyl (C=O) groups excluding carboxylic acids is 1. The maximum atomic E-state index is 13.6. The molecule has 0 bridgehead atoms. The summed E-state index contributed by atoms with van der Waals surface area (Å²) in [5.74, 6) is -1.33. The second kappa shape index (κ2) is 6.84. The first-order chi connectivity index (χ1) is 8.90. The van der Waals surface area contributed by atoms with Crippen molar-refractivity contribution in [3.8, 4) is 0 Å². The fourth-order valence-corrected chi connectivity index (χ4v) is 2.05. The van der Waals surface area contributed by atoms with Gasteiger partial charge in [0.1, 0.15) is 17.7 Å². The van der Waals surface area contributed by atoms with Crippen LogP contribution in [0.2, 0.25) is 0 Å². The van der Waals surface area contributed by atoms with Crippen molar-refractivity contribution in [1.82, 2.24) is 4.90 Å². The third-order valence-electron chi connectivity index (χ3n) is 2.83. The third kappa shape index (κ3) is 3.89. The van der Waals surface area contributed by atoms with E-state index in [-0.39, 0.29) is 16.1 Å². The largest absolute Gasteiger partial charge is 0.371 e. The highest BCUT2D eigenvalue weighted by Crippen LogP contribution is 2.24. The normalized spacial score (nSPS) is 12.1. The van der Waals surface area contributed by atoms with Gasteiger partial charge in [0.25, 0.3) is 0 Å². The Bertz CT molecular complexity index is 464. The highest BCUT2D eigenvalue weighted by atomic mass is 79.9. The Hall–Kier alpha value is -1.17. The number of amides is 1. The highest BCUT2D eigenvalue weighted by Gasteiger charge is 2.19. The van der Waals surface area contributed by atoms with Crippen LogP contribution in [0.15, 0.2) is 16.6 Å². The second-order valence-electron chi connectivity index (χ2n) is 4.12. The molecule has 1 N–H and O–H groups in total. The minimum absolute atomic E-state index is 0.0197. The van der Waals surface area contributed by atoms with Gasteiger partial charge in [-0.2, -0.15) is 0 Å². The molecule has 1 aromatic carbocycles. The van der Waals surface area contributed by atoms with Gasteiger partial charge in [-0.1, -0.05) is 0 Å². The van der Waals surface area contributed by atoms with Crippen molar-refractivity contribution in [1.29, 1.82) is 0 Å². The van der Waals surface area contributed by atoms with Crippen LogP contribution in [0.5, 0.6) is 0 Å². The molecule has 19 heavy (non-hydrogen) atoms. The molecule has 6 heteroatoms. The molecule has 0 saturated carbocycles. The zero-order valence-electron chi connectivity index (χ0n) is 11.1. The molecule has 0 saturated heterocycles. The molecule has 0 aliphatic carbocycles. The summed E-state index contributed by atoms with van der Waals surface area (Å²) < 4.78 is 27.0. The van der Waals surface area contributed by atoms with Crippen LogP contribution < -0.4 is 5.32 Å². The van der Waals surface area contributed by atoms with E-state index in [1.165, 1.54) is 0 Å². The van der Waals surface area contributed by atoms with Crippen LogP contribution in [0.3, 0.4) is 0 Å². The molecule has 0 heterocycles. The number of halogens is 3. The molecule has 106 valence electrons. The summed E-state index contributed by atoms with van der Waals surface area (Å²) in [7, 11) is 0. The fraction of sp³-hybridized carbons (Fsp3) is 0.462. The fourth-order valence-electron chi connectivity index (χ4n) is 1.74. The van der Waals surface area contributed by atoms with Crippen molar-refractivity contribution < 1.29 is 13.6 Å². The van der Waals surface area contributed by atoms with E-state index in [1.807, 2.05) is 13.8 Å². The summed E-state index contributed by atoms with van der Waals surface area (Å²) in [6.07, 6.45) is 0. The number of rotatable bonds is 5. The summed E-state index contributed by atoms with van der Waals surface area (Å²) >= 11 is 2.90. The second-order valence-corrected chi connectivity index (χ2v) is 4.98. The zero-order valence-corrected chi connectivity index (χ0v) is 12.7. The zero-order chi connectivity index (χ0) is 14.6. The number of likely N-dealkylation sites (N-methyl/N-ethyl adjacent to an activating group) is 1. The van der Waals surface area contributed by atoms with Gasteiger partial charge in [0.2, 0.25) is 5.91 Å². The van der Waals surface area contributed by atoms with E-state index in [2.05, 4.69) is 21.2 Å². The van der Waals surface area contributed by atoms with E-state index in [0.29, 0.717) is 13.1 Å². The van der Waals surface area contributed by atoms with Crippen LogP contribution in [-0.2, 0) is 4.79 Å². The predicted molar refractivity (Wildman–Crippen MR) is 75.1 cm³/mol. The number of carbonyl (C=O) groups is 1. The molecule has 3 nitrogen and oxygen atoms in total. The quantitative estimate of drug-likeness (QED) is 0.837. The molecule has 0 aromatic heterocycles. The monoisotopic (exact) mass is 334 g/mol. The van der Waals surface area contributed by atoms with Crippen LogP contribution in [0.4, 0.5) is 14.5 Å². The highest BCUT2D eigenvalue weighted by molar-refractivity contribution is 9.10. The van der Waals surface area contributed by atoms with Crippen molar-refractivity contribution in [3.05, 3.63) is 28.2 Å². The molecule has 1 atom stereocenters. The SMILES string of the molecule is CCN(CC)C(=O)C(C)Nc1cc(F)c(Br)cc1F. The summed E-state index contributed by atoms with van der Waals surface area (Å²) in [6.45, 7) is 6.53. The Balaban J connectivity index is 2.85. The van der Waals surface area contributed by atoms with Gasteiger partial charge in [-0.15, -0.1) is 0 Å². The molecule has 0 spiro atoms. The Labute approximate surface area is 120 Å². The first-order valence-electron chi connectivity index (χ1n) is 6.10. The molecule has 1 unspecified atom stereocenters. The molecular weight excluding hydrogens is 318 g/mol. The van der Waals surface area contributed by atoms with Crippen LogP contribution in [-0.4, -0.2) is 29.9 Å². The minimum atomic E-state index is -0.616. The summed E-state index contributed by atoms with van der Waals surface area (Å²) in [4.78, 5) is 13.6. The molecule has 0 fully saturated rings. The smallest absolute Gasteiger partial charge is 0.244 e. The van der Waals surface area contributed by atoms with Crippen LogP contribution in [0.25, 0.3) is 0 Å². The maximum Gasteiger partial charge on any atom is 0.244 e. The van der Waals surface area contributed by atoms with Gasteiger partial charge >= 0.3 is 0 Å². The Morgan fingerprint density at radius 1 is 1.32 bits per heavy atom. The lowest BCUT2D eigenvalue weighted by Gasteiger charge is -2.24. The van der Waals surface area contributed by atoms with Gasteiger partial charge in [0.15, 0.2) is 0 Å². The van der Waals surface area contributed by atoms with E-state index in [4.69, 9.17) is 0 Å². The standard InChI is InChI=1S/C13H17BrF2N2O/c1-4-18(5-2)13(19)8(3)17-12-7-10(15)9(14)6-11(12)16/h6-8,17H,4-5H2,1-3H3. The number of anilines is 1. The molecule has 0 aliphatic heterocycles. The third-order valence-corrected chi connectivity index (χ3v) is 3.44. The first-order valence-corrected chi connectivity index (χ1v) is 6.89. The van der Waals surface area contributed by atoms with E-state index in [0.717, 1.165) is 12.1 Å². The van der Waals surface area contributed by atoms with E-state index in [9.17, 15) is 13.6 Å². The predicted octanol–water partition coefficient (Wildman–Crippen LogP) is 3.40.